The number of hydrogen-bond donors (Lipinski definition) is 6. The van der Waals surface area contributed by atoms with Crippen molar-refractivity contribution in [3.63, 3.8) is 0 Å². The third-order valence-corrected chi connectivity index (χ3v) is 6.14. The monoisotopic (exact) mass is 572 g/mol. The minimum Gasteiger partial charge on any atom is -0.493 e. The van der Waals surface area contributed by atoms with Gasteiger partial charge in [0.05, 0.1) is 31.2 Å². The van der Waals surface area contributed by atoms with Gasteiger partial charge in [-0.15, -0.1) is 16.4 Å². The lowest BCUT2D eigenvalue weighted by Gasteiger charge is -2.18. The number of aromatic carboxylic acids is 1. The van der Waals surface area contributed by atoms with Crippen LogP contribution in [0.1, 0.15) is 33.5 Å². The van der Waals surface area contributed by atoms with Crippen molar-refractivity contribution in [2.24, 2.45) is 5.73 Å². The second-order valence-corrected chi connectivity index (χ2v) is 8.91. The summed E-state index contributed by atoms with van der Waals surface area (Å²) in [6.45, 7) is 1.08. The van der Waals surface area contributed by atoms with Gasteiger partial charge < -0.3 is 30.7 Å². The van der Waals surface area contributed by atoms with Crippen LogP contribution in [0.25, 0.3) is 5.69 Å². The minimum atomic E-state index is -1.16. The number of aliphatic carboxylic acids is 1. The van der Waals surface area contributed by atoms with Gasteiger partial charge in [0.25, 0.3) is 5.97 Å². The molecule has 0 aliphatic rings. The molecule has 0 saturated heterocycles. The molecule has 0 atom stereocenters. The van der Waals surface area contributed by atoms with Crippen molar-refractivity contribution in [2.45, 2.75) is 13.3 Å². The molecule has 4 aromatic rings. The number of aromatic amines is 1. The van der Waals surface area contributed by atoms with Crippen molar-refractivity contribution >= 4 is 40.5 Å². The second kappa shape index (κ2) is 12.6. The van der Waals surface area contributed by atoms with Crippen LogP contribution in [-0.2, 0) is 11.2 Å². The van der Waals surface area contributed by atoms with E-state index in [1.165, 1.54) is 32.4 Å². The molecule has 0 radical (unpaired) electrons. The summed E-state index contributed by atoms with van der Waals surface area (Å²) in [6, 6.07) is 9.04. The lowest BCUT2D eigenvalue weighted by atomic mass is 10.1. The molecule has 0 unspecified atom stereocenters. The van der Waals surface area contributed by atoms with Gasteiger partial charge in [-0.3, -0.25) is 15.2 Å². The average Bonchev–Trinajstić information content (AvgIpc) is 3.50. The Morgan fingerprint density at radius 2 is 1.90 bits per heavy atom. The zero-order chi connectivity index (χ0) is 29.6. The highest BCUT2D eigenvalue weighted by Gasteiger charge is 2.20. The van der Waals surface area contributed by atoms with E-state index in [1.807, 2.05) is 0 Å². The summed E-state index contributed by atoms with van der Waals surface area (Å²) in [7, 11) is 2.93. The summed E-state index contributed by atoms with van der Waals surface area (Å²) in [6.07, 6.45) is 0.117. The van der Waals surface area contributed by atoms with Crippen LogP contribution in [0.4, 0.5) is 15.8 Å². The molecule has 2 aromatic heterocycles. The highest BCUT2D eigenvalue weighted by Crippen LogP contribution is 2.40. The Kier molecular flexibility index (Phi) is 9.24. The maximum atomic E-state index is 14.4. The lowest BCUT2D eigenvalue weighted by Crippen LogP contribution is -2.17. The van der Waals surface area contributed by atoms with E-state index in [-0.39, 0.29) is 28.4 Å². The average molecular weight is 573 g/mol. The number of halogens is 1. The number of amidine groups is 1. The van der Waals surface area contributed by atoms with Crippen molar-refractivity contribution in [2.75, 3.05) is 19.5 Å². The second-order valence-electron chi connectivity index (χ2n) is 7.99. The first-order valence-corrected chi connectivity index (χ1v) is 12.2. The summed E-state index contributed by atoms with van der Waals surface area (Å²) >= 11 is 0.986. The number of H-pyrrole nitrogens is 1. The number of methoxy groups -OCH3 is 2. The third-order valence-electron chi connectivity index (χ3n) is 5.25. The number of hydrogen-bond acceptors (Lipinski definition) is 9. The molecular weight excluding hydrogens is 547 g/mol. The fraction of sp³-hybridized carbons (Fsp3) is 0.160. The minimum absolute atomic E-state index is 0.0142. The number of nitrogens with two attached hydrogens (primary N) is 1. The summed E-state index contributed by atoms with van der Waals surface area (Å²) in [4.78, 5) is 35.7. The van der Waals surface area contributed by atoms with Crippen molar-refractivity contribution < 1.29 is 33.7 Å². The maximum absolute atomic E-state index is 14.4. The van der Waals surface area contributed by atoms with Crippen LogP contribution in [0.2, 0.25) is 0 Å². The Hall–Kier alpha value is -5.18. The van der Waals surface area contributed by atoms with Gasteiger partial charge in [-0.05, 0) is 41.3 Å². The van der Waals surface area contributed by atoms with E-state index < -0.39 is 29.3 Å². The molecule has 0 aliphatic heterocycles. The highest BCUT2D eigenvalue weighted by atomic mass is 32.1. The third kappa shape index (κ3) is 6.63. The number of anilines is 2. The molecular formula is C25H25FN6O7S. The van der Waals surface area contributed by atoms with Crippen molar-refractivity contribution in [3.8, 4) is 17.2 Å². The van der Waals surface area contributed by atoms with Crippen LogP contribution < -0.4 is 26.2 Å². The predicted octanol–water partition coefficient (Wildman–Crippen LogP) is 3.19. The number of carbonyl (C=O) groups is 2. The van der Waals surface area contributed by atoms with E-state index in [1.54, 1.807) is 23.6 Å². The van der Waals surface area contributed by atoms with Crippen LogP contribution in [0, 0.1) is 11.2 Å². The van der Waals surface area contributed by atoms with Crippen LogP contribution >= 0.6 is 11.3 Å². The molecule has 7 N–H and O–H groups in total. The molecule has 0 aliphatic carbocycles. The van der Waals surface area contributed by atoms with Crippen LogP contribution in [0.15, 0.2) is 46.6 Å². The number of aromatic nitrogens is 3. The first-order valence-electron chi connectivity index (χ1n) is 11.3. The first kappa shape index (κ1) is 29.4. The van der Waals surface area contributed by atoms with Gasteiger partial charge >= 0.3 is 11.7 Å². The van der Waals surface area contributed by atoms with Gasteiger partial charge in [0.15, 0.2) is 11.5 Å². The Bertz CT molecular complexity index is 1620. The van der Waals surface area contributed by atoms with Crippen molar-refractivity contribution in [3.05, 3.63) is 79.9 Å². The molecule has 2 heterocycles. The van der Waals surface area contributed by atoms with Crippen LogP contribution in [0.5, 0.6) is 11.5 Å². The zero-order valence-electron chi connectivity index (χ0n) is 21.4. The molecule has 0 amide bonds. The summed E-state index contributed by atoms with van der Waals surface area (Å²) in [5.74, 6) is -2.06. The molecule has 0 saturated carbocycles. The van der Waals surface area contributed by atoms with E-state index in [2.05, 4.69) is 15.4 Å². The summed E-state index contributed by atoms with van der Waals surface area (Å²) in [5.41, 5.74) is 6.34. The first-order chi connectivity index (χ1) is 19.0. The van der Waals surface area contributed by atoms with Crippen LogP contribution in [0.3, 0.4) is 0 Å². The van der Waals surface area contributed by atoms with E-state index >= 15 is 0 Å². The topological polar surface area (TPSA) is 206 Å². The fourth-order valence-electron chi connectivity index (χ4n) is 3.63. The number of carboxylic acid groups (broad SMARTS) is 2. The Morgan fingerprint density at radius 3 is 2.48 bits per heavy atom. The Balaban J connectivity index is 0.00000103. The lowest BCUT2D eigenvalue weighted by molar-refractivity contribution is -0.134. The number of carboxylic acids is 2. The quantitative estimate of drug-likeness (QED) is 0.128. The normalized spacial score (nSPS) is 10.3. The summed E-state index contributed by atoms with van der Waals surface area (Å²) < 4.78 is 26.4. The van der Waals surface area contributed by atoms with Crippen molar-refractivity contribution in [1.29, 1.82) is 5.41 Å². The Morgan fingerprint density at radius 1 is 1.20 bits per heavy atom. The van der Waals surface area contributed by atoms with Gasteiger partial charge in [-0.25, -0.2) is 14.0 Å². The number of thiophene rings is 1. The zero-order valence-corrected chi connectivity index (χ0v) is 22.3. The number of ether oxygens (including phenoxy) is 2. The highest BCUT2D eigenvalue weighted by molar-refractivity contribution is 7.12. The molecule has 4 rings (SSSR count). The largest absolute Gasteiger partial charge is 0.493 e. The number of rotatable bonds is 9. The SMILES string of the molecule is CC(=O)O.COc1ccc(Cc2nn(-c3ccsc3C(=O)O)c(=O)[nH]2)c(Nc2ccc(C(=N)N)c(F)c2)c1OC. The number of benzene rings is 2. The number of nitrogens with zero attached hydrogens (tertiary/aromatic N) is 2. The van der Waals surface area contributed by atoms with Crippen molar-refractivity contribution in [1.82, 2.24) is 14.8 Å². The molecule has 40 heavy (non-hydrogen) atoms. The van der Waals surface area contributed by atoms with Gasteiger partial charge in [0, 0.05) is 19.0 Å². The maximum Gasteiger partial charge on any atom is 0.348 e. The predicted molar refractivity (Wildman–Crippen MR) is 145 cm³/mol. The molecule has 0 bridgehead atoms. The van der Waals surface area contributed by atoms with Gasteiger partial charge in [0.1, 0.15) is 22.4 Å². The molecule has 2 aromatic carbocycles. The number of nitrogens with one attached hydrogen (secondary N) is 3. The number of nitrogen functional groups attached to an aromatic ring is 1. The van der Waals surface area contributed by atoms with E-state index in [0.717, 1.165) is 22.9 Å². The van der Waals surface area contributed by atoms with Crippen LogP contribution in [-0.4, -0.2) is 57.0 Å². The van der Waals surface area contributed by atoms with Gasteiger partial charge in [0.2, 0.25) is 0 Å². The van der Waals surface area contributed by atoms with E-state index in [4.69, 9.17) is 30.5 Å². The molecule has 210 valence electrons. The fourth-order valence-corrected chi connectivity index (χ4v) is 4.34. The molecule has 0 spiro atoms. The molecule has 0 fully saturated rings. The smallest absolute Gasteiger partial charge is 0.348 e. The van der Waals surface area contributed by atoms with Gasteiger partial charge in [-0.1, -0.05) is 6.07 Å². The summed E-state index contributed by atoms with van der Waals surface area (Å²) in [5, 5.41) is 33.2. The van der Waals surface area contributed by atoms with E-state index in [9.17, 15) is 19.1 Å². The molecule has 15 heteroatoms. The van der Waals surface area contributed by atoms with Gasteiger partial charge in [-0.2, -0.15) is 4.68 Å². The van der Waals surface area contributed by atoms with E-state index in [0.29, 0.717) is 28.4 Å². The molecule has 13 nitrogen and oxygen atoms in total. The standard InChI is InChI=1S/C23H21FN6O5S.C2H4O2/c1-34-16-6-3-11(9-17-28-23(33)30(29-17)15-7-8-36-20(15)22(31)32)18(19(16)35-2)27-12-4-5-13(21(25)26)14(24)10-12;1-2(3)4/h3-8,10,27H,9H2,1-2H3,(H3,25,26)(H,31,32)(H,28,29,33);1H3,(H,3,4). The Labute approximate surface area is 230 Å².